The van der Waals surface area contributed by atoms with Gasteiger partial charge in [-0.25, -0.2) is 4.39 Å². The molecule has 2 N–H and O–H groups in total. The summed E-state index contributed by atoms with van der Waals surface area (Å²) in [6.07, 6.45) is 0.0884. The van der Waals surface area contributed by atoms with Gasteiger partial charge in [-0.05, 0) is 18.2 Å². The van der Waals surface area contributed by atoms with E-state index in [0.717, 1.165) is 6.07 Å². The number of hydrogen-bond donors (Lipinski definition) is 1. The van der Waals surface area contributed by atoms with E-state index in [1.165, 1.54) is 31.3 Å². The van der Waals surface area contributed by atoms with Crippen molar-refractivity contribution in [2.75, 3.05) is 20.8 Å². The third-order valence-corrected chi connectivity index (χ3v) is 3.58. The Morgan fingerprint density at radius 1 is 1.38 bits per heavy atom. The first-order chi connectivity index (χ1) is 9.97. The van der Waals surface area contributed by atoms with Gasteiger partial charge in [-0.2, -0.15) is 0 Å². The van der Waals surface area contributed by atoms with Gasteiger partial charge in [-0.1, -0.05) is 0 Å². The van der Waals surface area contributed by atoms with Crippen molar-refractivity contribution in [3.63, 3.8) is 0 Å². The van der Waals surface area contributed by atoms with Crippen LogP contribution in [0.1, 0.15) is 16.8 Å². The minimum absolute atomic E-state index is 0.0502. The zero-order chi connectivity index (χ0) is 15.6. The zero-order valence-electron chi connectivity index (χ0n) is 11.8. The fraction of sp³-hybridized carbons (Fsp3) is 0.429. The van der Waals surface area contributed by atoms with Crippen LogP contribution in [0.2, 0.25) is 0 Å². The number of methoxy groups -OCH3 is 2. The van der Waals surface area contributed by atoms with Gasteiger partial charge in [-0.3, -0.25) is 9.59 Å². The molecule has 114 valence electrons. The van der Waals surface area contributed by atoms with Crippen molar-refractivity contribution in [1.29, 1.82) is 0 Å². The number of rotatable bonds is 4. The van der Waals surface area contributed by atoms with Crippen LogP contribution in [0.25, 0.3) is 0 Å². The number of carbonyl (C=O) groups excluding carboxylic acids is 2. The fourth-order valence-electron chi connectivity index (χ4n) is 2.43. The molecule has 0 unspecified atom stereocenters. The topological polar surface area (TPSA) is 81.9 Å². The molecule has 0 spiro atoms. The number of nitrogens with two attached hydrogens (primary N) is 1. The highest BCUT2D eigenvalue weighted by atomic mass is 19.1. The average Bonchev–Trinajstić information content (AvgIpc) is 2.90. The Morgan fingerprint density at radius 3 is 2.62 bits per heavy atom. The van der Waals surface area contributed by atoms with Crippen molar-refractivity contribution in [3.8, 4) is 5.75 Å². The van der Waals surface area contributed by atoms with Crippen molar-refractivity contribution in [3.05, 3.63) is 29.6 Å². The zero-order valence-corrected chi connectivity index (χ0v) is 11.8. The summed E-state index contributed by atoms with van der Waals surface area (Å²) in [6, 6.07) is 3.15. The number of nitrogens with zero attached hydrogens (tertiary/aromatic N) is 1. The SMILES string of the molecule is COc1ccc(C(=O)N2C[C@@H](OC)C[C@H]2C(N)=O)cc1F. The highest BCUT2D eigenvalue weighted by Crippen LogP contribution is 2.24. The number of halogens is 1. The summed E-state index contributed by atoms with van der Waals surface area (Å²) in [5.41, 5.74) is 5.45. The summed E-state index contributed by atoms with van der Waals surface area (Å²) in [7, 11) is 2.84. The molecule has 1 aliphatic heterocycles. The lowest BCUT2D eigenvalue weighted by Crippen LogP contribution is -2.43. The molecule has 0 bridgehead atoms. The van der Waals surface area contributed by atoms with Crippen molar-refractivity contribution in [2.24, 2.45) is 5.73 Å². The Kier molecular flexibility index (Phi) is 4.42. The van der Waals surface area contributed by atoms with Crippen molar-refractivity contribution in [2.45, 2.75) is 18.6 Å². The van der Waals surface area contributed by atoms with E-state index in [9.17, 15) is 14.0 Å². The number of primary amides is 1. The molecule has 2 rings (SSSR count). The van der Waals surface area contributed by atoms with Crippen LogP contribution in [-0.4, -0.2) is 49.6 Å². The van der Waals surface area contributed by atoms with Gasteiger partial charge in [0.05, 0.1) is 13.2 Å². The van der Waals surface area contributed by atoms with Crippen LogP contribution in [-0.2, 0) is 9.53 Å². The van der Waals surface area contributed by atoms with E-state index in [-0.39, 0.29) is 24.0 Å². The third kappa shape index (κ3) is 2.97. The van der Waals surface area contributed by atoms with Crippen molar-refractivity contribution in [1.82, 2.24) is 4.90 Å². The van der Waals surface area contributed by atoms with E-state index in [2.05, 4.69) is 0 Å². The molecule has 2 atom stereocenters. The van der Waals surface area contributed by atoms with Crippen LogP contribution < -0.4 is 10.5 Å². The molecule has 1 aromatic carbocycles. The average molecular weight is 296 g/mol. The van der Waals surface area contributed by atoms with E-state index in [0.29, 0.717) is 6.42 Å². The van der Waals surface area contributed by atoms with Crippen molar-refractivity contribution < 1.29 is 23.5 Å². The monoisotopic (exact) mass is 296 g/mol. The lowest BCUT2D eigenvalue weighted by atomic mass is 10.1. The maximum Gasteiger partial charge on any atom is 0.254 e. The molecule has 1 fully saturated rings. The van der Waals surface area contributed by atoms with E-state index >= 15 is 0 Å². The molecule has 1 aliphatic rings. The summed E-state index contributed by atoms with van der Waals surface area (Å²) in [5, 5.41) is 0. The summed E-state index contributed by atoms with van der Waals surface area (Å²) in [6.45, 7) is 0.247. The Hall–Kier alpha value is -2.15. The lowest BCUT2D eigenvalue weighted by molar-refractivity contribution is -0.121. The van der Waals surface area contributed by atoms with Crippen molar-refractivity contribution >= 4 is 11.8 Å². The van der Waals surface area contributed by atoms with Gasteiger partial charge in [0.15, 0.2) is 11.6 Å². The van der Waals surface area contributed by atoms with Gasteiger partial charge in [0, 0.05) is 25.6 Å². The minimum atomic E-state index is -0.743. The molecular weight excluding hydrogens is 279 g/mol. The van der Waals surface area contributed by atoms with Gasteiger partial charge in [0.25, 0.3) is 5.91 Å². The fourth-order valence-corrected chi connectivity index (χ4v) is 2.43. The third-order valence-electron chi connectivity index (χ3n) is 3.58. The maximum atomic E-state index is 13.7. The molecule has 7 heteroatoms. The van der Waals surface area contributed by atoms with Gasteiger partial charge < -0.3 is 20.1 Å². The van der Waals surface area contributed by atoms with Gasteiger partial charge in [0.2, 0.25) is 5.91 Å². The first kappa shape index (κ1) is 15.2. The molecule has 1 aromatic rings. The van der Waals surface area contributed by atoms with E-state index < -0.39 is 23.7 Å². The first-order valence-corrected chi connectivity index (χ1v) is 6.44. The maximum absolute atomic E-state index is 13.7. The molecule has 0 aliphatic carbocycles. The molecule has 2 amide bonds. The van der Waals surface area contributed by atoms with E-state index in [4.69, 9.17) is 15.2 Å². The number of carbonyl (C=O) groups is 2. The van der Waals surface area contributed by atoms with Crippen LogP contribution in [0.3, 0.4) is 0 Å². The number of hydrogen-bond acceptors (Lipinski definition) is 4. The first-order valence-electron chi connectivity index (χ1n) is 6.44. The smallest absolute Gasteiger partial charge is 0.254 e. The Morgan fingerprint density at radius 2 is 2.10 bits per heavy atom. The lowest BCUT2D eigenvalue weighted by Gasteiger charge is -2.22. The molecule has 21 heavy (non-hydrogen) atoms. The summed E-state index contributed by atoms with van der Waals surface area (Å²) < 4.78 is 23.7. The summed E-state index contributed by atoms with van der Waals surface area (Å²) >= 11 is 0. The standard InChI is InChI=1S/C14H17FN2O4/c1-20-9-6-11(13(16)18)17(7-9)14(19)8-3-4-12(21-2)10(15)5-8/h3-5,9,11H,6-7H2,1-2H3,(H2,16,18)/t9-,11-/m0/s1. The number of benzene rings is 1. The Bertz CT molecular complexity index is 564. The quantitative estimate of drug-likeness (QED) is 0.879. The van der Waals surface area contributed by atoms with Crippen LogP contribution >= 0.6 is 0 Å². The minimum Gasteiger partial charge on any atom is -0.494 e. The van der Waals surface area contributed by atoms with E-state index in [1.54, 1.807) is 0 Å². The highest BCUT2D eigenvalue weighted by molar-refractivity contribution is 5.97. The van der Waals surface area contributed by atoms with Crippen LogP contribution in [0.4, 0.5) is 4.39 Å². The predicted octanol–water partition coefficient (Wildman–Crippen LogP) is 0.549. The number of likely N-dealkylation sites (tertiary alicyclic amines) is 1. The number of amides is 2. The van der Waals surface area contributed by atoms with E-state index in [1.807, 2.05) is 0 Å². The predicted molar refractivity (Wildman–Crippen MR) is 72.4 cm³/mol. The highest BCUT2D eigenvalue weighted by Gasteiger charge is 2.39. The largest absolute Gasteiger partial charge is 0.494 e. The number of ether oxygens (including phenoxy) is 2. The van der Waals surface area contributed by atoms with Gasteiger partial charge in [-0.15, -0.1) is 0 Å². The molecule has 0 aromatic heterocycles. The summed E-state index contributed by atoms with van der Waals surface area (Å²) in [5.74, 6) is -1.65. The normalized spacial score (nSPS) is 21.4. The molecule has 6 nitrogen and oxygen atoms in total. The molecular formula is C14H17FN2O4. The van der Waals surface area contributed by atoms with Gasteiger partial charge in [0.1, 0.15) is 6.04 Å². The van der Waals surface area contributed by atoms with Crippen LogP contribution in [0.5, 0.6) is 5.75 Å². The second-order valence-electron chi connectivity index (χ2n) is 4.82. The Balaban J connectivity index is 2.25. The second kappa shape index (κ2) is 6.09. The summed E-state index contributed by atoms with van der Waals surface area (Å²) in [4.78, 5) is 25.2. The molecule has 1 saturated heterocycles. The molecule has 1 heterocycles. The van der Waals surface area contributed by atoms with Gasteiger partial charge >= 0.3 is 0 Å². The van der Waals surface area contributed by atoms with Crippen LogP contribution in [0, 0.1) is 5.82 Å². The second-order valence-corrected chi connectivity index (χ2v) is 4.82. The van der Waals surface area contributed by atoms with Crippen LogP contribution in [0.15, 0.2) is 18.2 Å². The molecule has 0 saturated carbocycles. The Labute approximate surface area is 121 Å². The molecule has 0 radical (unpaired) electrons.